The average Bonchev–Trinajstić information content (AvgIpc) is 3.24. The molecule has 0 spiro atoms. The van der Waals surface area contributed by atoms with Gasteiger partial charge in [0.15, 0.2) is 11.5 Å². The number of rotatable bonds is 4. The summed E-state index contributed by atoms with van der Waals surface area (Å²) in [6.45, 7) is 5.29. The largest absolute Gasteiger partial charge is 0.339 e. The Kier molecular flexibility index (Phi) is 5.65. The van der Waals surface area contributed by atoms with Crippen molar-refractivity contribution in [2.75, 3.05) is 39.8 Å². The summed E-state index contributed by atoms with van der Waals surface area (Å²) in [4.78, 5) is 24.2. The van der Waals surface area contributed by atoms with Crippen LogP contribution in [0.25, 0.3) is 5.65 Å². The second-order valence-electron chi connectivity index (χ2n) is 8.61. The van der Waals surface area contributed by atoms with Gasteiger partial charge in [-0.25, -0.2) is 0 Å². The topological polar surface area (TPSA) is 69.9 Å². The first-order valence-electron chi connectivity index (χ1n) is 11.2. The SMILES string of the molecule is CN1CCN(Cc2ccccn2)CC1c1nnc2ccc(C(=O)N3CCCCC3)cn12. The van der Waals surface area contributed by atoms with Gasteiger partial charge < -0.3 is 4.90 Å². The molecule has 8 nitrogen and oxygen atoms in total. The minimum atomic E-state index is 0.104. The van der Waals surface area contributed by atoms with Crippen LogP contribution in [-0.2, 0) is 6.54 Å². The summed E-state index contributed by atoms with van der Waals surface area (Å²) in [6.07, 6.45) is 7.15. The van der Waals surface area contributed by atoms with Gasteiger partial charge in [0.1, 0.15) is 0 Å². The first kappa shape index (κ1) is 20.1. The lowest BCUT2D eigenvalue weighted by Gasteiger charge is -2.38. The molecule has 5 rings (SSSR count). The molecular weight excluding hydrogens is 390 g/mol. The Morgan fingerprint density at radius 1 is 1.03 bits per heavy atom. The fourth-order valence-electron chi connectivity index (χ4n) is 4.62. The molecular formula is C23H29N7O. The molecule has 8 heteroatoms. The molecule has 2 saturated heterocycles. The molecule has 3 aromatic heterocycles. The van der Waals surface area contributed by atoms with Crippen molar-refractivity contribution >= 4 is 11.6 Å². The van der Waals surface area contributed by atoms with E-state index in [1.807, 2.05) is 46.0 Å². The van der Waals surface area contributed by atoms with Crippen LogP contribution < -0.4 is 0 Å². The zero-order valence-corrected chi connectivity index (χ0v) is 18.0. The van der Waals surface area contributed by atoms with Gasteiger partial charge in [0.2, 0.25) is 0 Å². The highest BCUT2D eigenvalue weighted by Crippen LogP contribution is 2.25. The molecule has 5 heterocycles. The molecule has 1 unspecified atom stereocenters. The average molecular weight is 420 g/mol. The van der Waals surface area contributed by atoms with Crippen LogP contribution in [0, 0.1) is 0 Å². The number of nitrogens with zero attached hydrogens (tertiary/aromatic N) is 7. The molecule has 31 heavy (non-hydrogen) atoms. The number of hydrogen-bond acceptors (Lipinski definition) is 6. The second-order valence-corrected chi connectivity index (χ2v) is 8.61. The maximum absolute atomic E-state index is 13.0. The van der Waals surface area contributed by atoms with Crippen LogP contribution in [0.5, 0.6) is 0 Å². The maximum atomic E-state index is 13.0. The quantitative estimate of drug-likeness (QED) is 0.646. The molecule has 2 aliphatic heterocycles. The second kappa shape index (κ2) is 8.72. The van der Waals surface area contributed by atoms with Crippen molar-refractivity contribution in [2.45, 2.75) is 31.8 Å². The highest BCUT2D eigenvalue weighted by Gasteiger charge is 2.30. The lowest BCUT2D eigenvalue weighted by molar-refractivity contribution is 0.0723. The highest BCUT2D eigenvalue weighted by molar-refractivity contribution is 5.94. The molecule has 162 valence electrons. The lowest BCUT2D eigenvalue weighted by atomic mass is 10.1. The van der Waals surface area contributed by atoms with Crippen LogP contribution in [0.2, 0.25) is 0 Å². The van der Waals surface area contributed by atoms with Crippen LogP contribution in [0.3, 0.4) is 0 Å². The number of piperidine rings is 1. The van der Waals surface area contributed by atoms with Crippen molar-refractivity contribution in [3.8, 4) is 0 Å². The Bertz CT molecular complexity index is 1040. The molecule has 2 fully saturated rings. The smallest absolute Gasteiger partial charge is 0.255 e. The van der Waals surface area contributed by atoms with Gasteiger partial charge in [-0.15, -0.1) is 10.2 Å². The summed E-state index contributed by atoms with van der Waals surface area (Å²) in [7, 11) is 2.13. The Hall–Kier alpha value is -2.84. The first-order valence-corrected chi connectivity index (χ1v) is 11.2. The molecule has 1 atom stereocenters. The summed E-state index contributed by atoms with van der Waals surface area (Å²) < 4.78 is 2.00. The number of carbonyl (C=O) groups excluding carboxylic acids is 1. The molecule has 0 aromatic carbocycles. The van der Waals surface area contributed by atoms with Crippen molar-refractivity contribution in [1.82, 2.24) is 34.3 Å². The summed E-state index contributed by atoms with van der Waals surface area (Å²) in [6, 6.07) is 9.93. The third-order valence-corrected chi connectivity index (χ3v) is 6.46. The van der Waals surface area contributed by atoms with Gasteiger partial charge in [-0.1, -0.05) is 6.07 Å². The van der Waals surface area contributed by atoms with Crippen LogP contribution in [0.15, 0.2) is 42.7 Å². The van der Waals surface area contributed by atoms with Crippen LogP contribution >= 0.6 is 0 Å². The molecule has 0 aliphatic carbocycles. The predicted octanol–water partition coefficient (Wildman–Crippen LogP) is 2.24. The van der Waals surface area contributed by atoms with Gasteiger partial charge in [0.05, 0.1) is 17.3 Å². The maximum Gasteiger partial charge on any atom is 0.255 e. The molecule has 2 aliphatic rings. The van der Waals surface area contributed by atoms with E-state index in [2.05, 4.69) is 38.1 Å². The Morgan fingerprint density at radius 3 is 2.71 bits per heavy atom. The van der Waals surface area contributed by atoms with Crippen molar-refractivity contribution < 1.29 is 4.79 Å². The summed E-state index contributed by atoms with van der Waals surface area (Å²) in [5, 5.41) is 8.91. The van der Waals surface area contributed by atoms with E-state index in [1.54, 1.807) is 0 Å². The molecule has 0 saturated carbocycles. The van der Waals surface area contributed by atoms with Gasteiger partial charge in [-0.3, -0.25) is 24.0 Å². The van der Waals surface area contributed by atoms with Crippen molar-refractivity contribution in [3.63, 3.8) is 0 Å². The van der Waals surface area contributed by atoms with E-state index in [0.29, 0.717) is 5.56 Å². The molecule has 1 amide bonds. The zero-order valence-electron chi connectivity index (χ0n) is 18.0. The minimum Gasteiger partial charge on any atom is -0.339 e. The number of likely N-dealkylation sites (N-methyl/N-ethyl adjacent to an activating group) is 1. The number of fused-ring (bicyclic) bond motifs is 1. The third-order valence-electron chi connectivity index (χ3n) is 6.46. The van der Waals surface area contributed by atoms with E-state index in [0.717, 1.165) is 69.3 Å². The van der Waals surface area contributed by atoms with Crippen LogP contribution in [-0.4, -0.2) is 80.0 Å². The van der Waals surface area contributed by atoms with Gasteiger partial charge >= 0.3 is 0 Å². The number of carbonyl (C=O) groups is 1. The monoisotopic (exact) mass is 419 g/mol. The Morgan fingerprint density at radius 2 is 1.90 bits per heavy atom. The Balaban J connectivity index is 1.39. The van der Waals surface area contributed by atoms with Crippen molar-refractivity contribution in [2.24, 2.45) is 0 Å². The van der Waals surface area contributed by atoms with Gasteiger partial charge in [-0.05, 0) is 50.6 Å². The normalized spacial score (nSPS) is 20.9. The number of pyridine rings is 2. The fourth-order valence-corrected chi connectivity index (χ4v) is 4.62. The number of likely N-dealkylation sites (tertiary alicyclic amines) is 1. The molecule has 3 aromatic rings. The highest BCUT2D eigenvalue weighted by atomic mass is 16.2. The standard InChI is InChI=1S/C23H29N7O/c1-27-13-14-28(16-19-7-3-4-10-24-19)17-20(27)22-26-25-21-9-8-18(15-30(21)22)23(31)29-11-5-2-6-12-29/h3-4,7-10,15,20H,2,5-6,11-14,16-17H2,1H3. The van der Waals surface area contributed by atoms with E-state index in [-0.39, 0.29) is 11.9 Å². The number of amides is 1. The van der Waals surface area contributed by atoms with Gasteiger partial charge in [0, 0.05) is 51.7 Å². The number of hydrogen-bond donors (Lipinski definition) is 0. The predicted molar refractivity (Wildman–Crippen MR) is 118 cm³/mol. The molecule has 0 bridgehead atoms. The summed E-state index contributed by atoms with van der Waals surface area (Å²) in [5.41, 5.74) is 2.56. The van der Waals surface area contributed by atoms with Gasteiger partial charge in [-0.2, -0.15) is 0 Å². The van der Waals surface area contributed by atoms with E-state index in [4.69, 9.17) is 0 Å². The van der Waals surface area contributed by atoms with Gasteiger partial charge in [0.25, 0.3) is 5.91 Å². The van der Waals surface area contributed by atoms with Crippen molar-refractivity contribution in [3.05, 3.63) is 59.8 Å². The lowest BCUT2D eigenvalue weighted by Crippen LogP contribution is -2.46. The first-order chi connectivity index (χ1) is 15.2. The number of aromatic nitrogens is 4. The third kappa shape index (κ3) is 4.18. The van der Waals surface area contributed by atoms with E-state index in [1.165, 1.54) is 6.42 Å². The summed E-state index contributed by atoms with van der Waals surface area (Å²) in [5.74, 6) is 0.992. The Labute approximate surface area is 182 Å². The minimum absolute atomic E-state index is 0.104. The van der Waals surface area contributed by atoms with Crippen molar-refractivity contribution in [1.29, 1.82) is 0 Å². The zero-order chi connectivity index (χ0) is 21.2. The molecule has 0 radical (unpaired) electrons. The van der Waals surface area contributed by atoms with E-state index >= 15 is 0 Å². The number of piperazine rings is 1. The summed E-state index contributed by atoms with van der Waals surface area (Å²) >= 11 is 0. The van der Waals surface area contributed by atoms with Crippen LogP contribution in [0.1, 0.15) is 47.2 Å². The molecule has 0 N–H and O–H groups in total. The van der Waals surface area contributed by atoms with Crippen LogP contribution in [0.4, 0.5) is 0 Å². The fraction of sp³-hybridized carbons (Fsp3) is 0.478. The van der Waals surface area contributed by atoms with E-state index in [9.17, 15) is 4.79 Å². The van der Waals surface area contributed by atoms with E-state index < -0.39 is 0 Å².